The first-order valence-electron chi connectivity index (χ1n) is 7.52. The Morgan fingerprint density at radius 2 is 1.79 bits per heavy atom. The fourth-order valence-electron chi connectivity index (χ4n) is 3.12. The lowest BCUT2D eigenvalue weighted by Gasteiger charge is -2.24. The van der Waals surface area contributed by atoms with Crippen LogP contribution in [0, 0.1) is 0 Å². The van der Waals surface area contributed by atoms with Crippen molar-refractivity contribution in [3.63, 3.8) is 0 Å². The smallest absolute Gasteiger partial charge is 0.226 e. The maximum atomic E-state index is 12.1. The molecule has 1 aliphatic heterocycles. The molecule has 0 radical (unpaired) electrons. The Hall–Kier alpha value is -2.30. The summed E-state index contributed by atoms with van der Waals surface area (Å²) in [4.78, 5) is 12.1. The predicted molar refractivity (Wildman–Crippen MR) is 95.6 cm³/mol. The van der Waals surface area contributed by atoms with Gasteiger partial charge < -0.3 is 5.32 Å². The molecule has 120 valence electrons. The van der Waals surface area contributed by atoms with Crippen LogP contribution >= 0.6 is 23.2 Å². The van der Waals surface area contributed by atoms with Crippen molar-refractivity contribution in [2.75, 3.05) is 5.32 Å². The molecule has 0 aliphatic carbocycles. The van der Waals surface area contributed by atoms with E-state index in [0.29, 0.717) is 22.3 Å². The third-order valence-corrected chi connectivity index (χ3v) is 4.81. The summed E-state index contributed by atoms with van der Waals surface area (Å²) in [5, 5.41) is 11.5. The number of carbonyl (C=O) groups is 1. The molecule has 0 saturated heterocycles. The number of carbonyl (C=O) groups excluding carboxylic acids is 1. The summed E-state index contributed by atoms with van der Waals surface area (Å²) < 4.78 is 0. The summed E-state index contributed by atoms with van der Waals surface area (Å²) in [7, 11) is 0. The molecule has 0 saturated carbocycles. The minimum Gasteiger partial charge on any atom is -0.309 e. The van der Waals surface area contributed by atoms with Gasteiger partial charge in [0, 0.05) is 33.5 Å². The number of aromatic nitrogens is 2. The van der Waals surface area contributed by atoms with Crippen LogP contribution < -0.4 is 5.32 Å². The van der Waals surface area contributed by atoms with Crippen molar-refractivity contribution in [1.82, 2.24) is 10.2 Å². The second-order valence-corrected chi connectivity index (χ2v) is 6.54. The van der Waals surface area contributed by atoms with Crippen LogP contribution in [-0.4, -0.2) is 16.1 Å². The number of anilines is 1. The SMILES string of the molecule is O=C1C[C@@H](c2ccccc2Cl)c2c(n[nH]c2-c2ccc(Cl)cc2)N1. The van der Waals surface area contributed by atoms with Crippen LogP contribution in [0.2, 0.25) is 10.0 Å². The van der Waals surface area contributed by atoms with Gasteiger partial charge in [-0.1, -0.05) is 53.5 Å². The van der Waals surface area contributed by atoms with E-state index in [1.807, 2.05) is 48.5 Å². The maximum absolute atomic E-state index is 12.1. The number of halogens is 2. The number of hydrogen-bond acceptors (Lipinski definition) is 2. The molecule has 3 aromatic rings. The standard InChI is InChI=1S/C18H13Cl2N3O/c19-11-7-5-10(6-8-11)17-16-13(12-3-1-2-4-14(12)20)9-15(24)21-18(16)23-22-17/h1-8,13H,9H2,(H2,21,22,23,24)/t13-/m0/s1. The van der Waals surface area contributed by atoms with E-state index < -0.39 is 0 Å². The summed E-state index contributed by atoms with van der Waals surface area (Å²) in [5.41, 5.74) is 3.70. The molecule has 0 unspecified atom stereocenters. The lowest BCUT2D eigenvalue weighted by molar-refractivity contribution is -0.116. The maximum Gasteiger partial charge on any atom is 0.226 e. The predicted octanol–water partition coefficient (Wildman–Crippen LogP) is 4.86. The average Bonchev–Trinajstić information content (AvgIpc) is 2.99. The monoisotopic (exact) mass is 357 g/mol. The summed E-state index contributed by atoms with van der Waals surface area (Å²) in [6.45, 7) is 0. The van der Waals surface area contributed by atoms with E-state index in [2.05, 4.69) is 15.5 Å². The molecule has 2 heterocycles. The van der Waals surface area contributed by atoms with E-state index in [1.165, 1.54) is 0 Å². The molecule has 4 rings (SSSR count). The van der Waals surface area contributed by atoms with Crippen LogP contribution in [0.5, 0.6) is 0 Å². The highest BCUT2D eigenvalue weighted by Crippen LogP contribution is 2.43. The van der Waals surface area contributed by atoms with Crippen molar-refractivity contribution < 1.29 is 4.79 Å². The van der Waals surface area contributed by atoms with Gasteiger partial charge in [-0.25, -0.2) is 0 Å². The molecule has 1 amide bonds. The van der Waals surface area contributed by atoms with E-state index in [-0.39, 0.29) is 11.8 Å². The molecule has 2 N–H and O–H groups in total. The third kappa shape index (κ3) is 2.58. The van der Waals surface area contributed by atoms with Crippen molar-refractivity contribution in [3.05, 3.63) is 69.7 Å². The number of nitrogens with zero attached hydrogens (tertiary/aromatic N) is 1. The van der Waals surface area contributed by atoms with Crippen molar-refractivity contribution in [1.29, 1.82) is 0 Å². The summed E-state index contributed by atoms with van der Waals surface area (Å²) in [6, 6.07) is 15.1. The number of fused-ring (bicyclic) bond motifs is 1. The summed E-state index contributed by atoms with van der Waals surface area (Å²) >= 11 is 12.4. The van der Waals surface area contributed by atoms with Gasteiger partial charge >= 0.3 is 0 Å². The molecule has 1 aliphatic rings. The first-order chi connectivity index (χ1) is 11.6. The first kappa shape index (κ1) is 15.2. The van der Waals surface area contributed by atoms with Gasteiger partial charge in [0.2, 0.25) is 5.91 Å². The number of benzene rings is 2. The summed E-state index contributed by atoms with van der Waals surface area (Å²) in [5.74, 6) is 0.342. The van der Waals surface area contributed by atoms with Crippen molar-refractivity contribution in [3.8, 4) is 11.3 Å². The zero-order valence-corrected chi connectivity index (χ0v) is 14.0. The van der Waals surface area contributed by atoms with Crippen LogP contribution in [0.1, 0.15) is 23.5 Å². The zero-order chi connectivity index (χ0) is 16.7. The van der Waals surface area contributed by atoms with Gasteiger partial charge in [-0.2, -0.15) is 5.10 Å². The lowest BCUT2D eigenvalue weighted by atomic mass is 9.84. The van der Waals surface area contributed by atoms with E-state index >= 15 is 0 Å². The fraction of sp³-hybridized carbons (Fsp3) is 0.111. The van der Waals surface area contributed by atoms with Crippen LogP contribution in [-0.2, 0) is 4.79 Å². The Labute approximate surface area is 148 Å². The molecule has 24 heavy (non-hydrogen) atoms. The number of nitrogens with one attached hydrogen (secondary N) is 2. The lowest BCUT2D eigenvalue weighted by Crippen LogP contribution is -2.23. The van der Waals surface area contributed by atoms with Crippen LogP contribution in [0.3, 0.4) is 0 Å². The first-order valence-corrected chi connectivity index (χ1v) is 8.27. The Bertz CT molecular complexity index is 918. The highest BCUT2D eigenvalue weighted by Gasteiger charge is 2.32. The number of hydrogen-bond donors (Lipinski definition) is 2. The number of rotatable bonds is 2. The molecule has 0 bridgehead atoms. The van der Waals surface area contributed by atoms with E-state index in [4.69, 9.17) is 23.2 Å². The van der Waals surface area contributed by atoms with Crippen LogP contribution in [0.25, 0.3) is 11.3 Å². The van der Waals surface area contributed by atoms with Gasteiger partial charge in [0.1, 0.15) is 0 Å². The second-order valence-electron chi connectivity index (χ2n) is 5.69. The Morgan fingerprint density at radius 3 is 2.54 bits per heavy atom. The number of H-pyrrole nitrogens is 1. The zero-order valence-electron chi connectivity index (χ0n) is 12.5. The highest BCUT2D eigenvalue weighted by atomic mass is 35.5. The van der Waals surface area contributed by atoms with Crippen molar-refractivity contribution >= 4 is 34.9 Å². The Kier molecular flexibility index (Phi) is 3.79. The topological polar surface area (TPSA) is 57.8 Å². The molecule has 0 spiro atoms. The number of aromatic amines is 1. The third-order valence-electron chi connectivity index (χ3n) is 4.21. The minimum atomic E-state index is -0.146. The molecule has 0 fully saturated rings. The van der Waals surface area contributed by atoms with Crippen molar-refractivity contribution in [2.45, 2.75) is 12.3 Å². The van der Waals surface area contributed by atoms with Crippen molar-refractivity contribution in [2.24, 2.45) is 0 Å². The summed E-state index contributed by atoms with van der Waals surface area (Å²) in [6.07, 6.45) is 0.330. The normalized spacial score (nSPS) is 16.6. The molecule has 6 heteroatoms. The van der Waals surface area contributed by atoms with Gasteiger partial charge in [-0.05, 0) is 23.8 Å². The van der Waals surface area contributed by atoms with Crippen LogP contribution in [0.4, 0.5) is 5.82 Å². The van der Waals surface area contributed by atoms with Gasteiger partial charge in [0.15, 0.2) is 5.82 Å². The molecule has 2 aromatic carbocycles. The van der Waals surface area contributed by atoms with Gasteiger partial charge in [-0.3, -0.25) is 9.89 Å². The van der Waals surface area contributed by atoms with Gasteiger partial charge in [0.25, 0.3) is 0 Å². The molecule has 1 aromatic heterocycles. The van der Waals surface area contributed by atoms with E-state index in [1.54, 1.807) is 0 Å². The Morgan fingerprint density at radius 1 is 1.04 bits per heavy atom. The van der Waals surface area contributed by atoms with Gasteiger partial charge in [-0.15, -0.1) is 0 Å². The molecule has 1 atom stereocenters. The highest BCUT2D eigenvalue weighted by molar-refractivity contribution is 6.31. The van der Waals surface area contributed by atoms with Gasteiger partial charge in [0.05, 0.1) is 5.69 Å². The average molecular weight is 358 g/mol. The van der Waals surface area contributed by atoms with E-state index in [0.717, 1.165) is 22.4 Å². The molecule has 4 nitrogen and oxygen atoms in total. The van der Waals surface area contributed by atoms with E-state index in [9.17, 15) is 4.79 Å². The van der Waals surface area contributed by atoms with Crippen LogP contribution in [0.15, 0.2) is 48.5 Å². The molecular formula is C18H13Cl2N3O. The number of amides is 1. The Balaban J connectivity index is 1.89. The minimum absolute atomic E-state index is 0.0680. The largest absolute Gasteiger partial charge is 0.309 e. The second kappa shape index (κ2) is 5.96. The molecular weight excluding hydrogens is 345 g/mol. The quantitative estimate of drug-likeness (QED) is 0.688. The fourth-order valence-corrected chi connectivity index (χ4v) is 3.51.